The van der Waals surface area contributed by atoms with Gasteiger partial charge in [0, 0.05) is 26.1 Å². The van der Waals surface area contributed by atoms with Crippen LogP contribution in [0.4, 0.5) is 0 Å². The molecule has 24 heavy (non-hydrogen) atoms. The molecule has 1 aromatic carbocycles. The number of benzene rings is 1. The smallest absolute Gasteiger partial charge is 0.194 e. The molecule has 3 unspecified atom stereocenters. The number of nitrogens with one attached hydrogen (secondary N) is 1. The van der Waals surface area contributed by atoms with Gasteiger partial charge in [-0.1, -0.05) is 43.2 Å². The number of rotatable bonds is 5. The van der Waals surface area contributed by atoms with Crippen LogP contribution in [-0.4, -0.2) is 48.2 Å². The maximum atomic E-state index is 10.3. The molecule has 2 fully saturated rings. The second kappa shape index (κ2) is 8.52. The summed E-state index contributed by atoms with van der Waals surface area (Å²) in [5.41, 5.74) is 1.16. The first kappa shape index (κ1) is 17.3. The summed E-state index contributed by atoms with van der Waals surface area (Å²) in [4.78, 5) is 7.15. The lowest BCUT2D eigenvalue weighted by Gasteiger charge is -2.22. The van der Waals surface area contributed by atoms with Crippen LogP contribution in [0.3, 0.4) is 0 Å². The van der Waals surface area contributed by atoms with E-state index in [2.05, 4.69) is 29.3 Å². The Hall–Kier alpha value is -1.55. The second-order valence-electron chi connectivity index (χ2n) is 7.25. The molecule has 0 amide bonds. The number of aliphatic hydroxyl groups excluding tert-OH is 1. The van der Waals surface area contributed by atoms with Crippen LogP contribution in [0, 0.1) is 11.8 Å². The van der Waals surface area contributed by atoms with Crippen LogP contribution >= 0.6 is 0 Å². The van der Waals surface area contributed by atoms with E-state index in [1.54, 1.807) is 0 Å². The Labute approximate surface area is 146 Å². The zero-order valence-electron chi connectivity index (χ0n) is 14.8. The molecule has 3 rings (SSSR count). The predicted octanol–water partition coefficient (Wildman–Crippen LogP) is 2.68. The largest absolute Gasteiger partial charge is 0.391 e. The van der Waals surface area contributed by atoms with Crippen molar-refractivity contribution in [2.45, 2.75) is 45.1 Å². The van der Waals surface area contributed by atoms with Crippen molar-refractivity contribution >= 4 is 5.96 Å². The Morgan fingerprint density at radius 2 is 1.88 bits per heavy atom. The molecule has 1 saturated heterocycles. The Balaban J connectivity index is 1.57. The fourth-order valence-corrected chi connectivity index (χ4v) is 4.15. The van der Waals surface area contributed by atoms with E-state index in [1.165, 1.54) is 25.7 Å². The average Bonchev–Trinajstić information content (AvgIpc) is 3.03. The fraction of sp³-hybridized carbons (Fsp3) is 0.650. The summed E-state index contributed by atoms with van der Waals surface area (Å²) in [6, 6.07) is 10.2. The van der Waals surface area contributed by atoms with Gasteiger partial charge < -0.3 is 15.3 Å². The molecule has 1 heterocycles. The topological polar surface area (TPSA) is 47.9 Å². The van der Waals surface area contributed by atoms with Crippen LogP contribution in [0.15, 0.2) is 35.3 Å². The minimum Gasteiger partial charge on any atom is -0.391 e. The number of nitrogens with zero attached hydrogens (tertiary/aromatic N) is 2. The number of hydrogen-bond acceptors (Lipinski definition) is 2. The summed E-state index contributed by atoms with van der Waals surface area (Å²) < 4.78 is 0. The summed E-state index contributed by atoms with van der Waals surface area (Å²) in [7, 11) is 0. The number of hydrogen-bond donors (Lipinski definition) is 2. The van der Waals surface area contributed by atoms with Gasteiger partial charge in [-0.05, 0) is 37.2 Å². The monoisotopic (exact) mass is 329 g/mol. The van der Waals surface area contributed by atoms with E-state index in [-0.39, 0.29) is 0 Å². The highest BCUT2D eigenvalue weighted by atomic mass is 16.3. The SMILES string of the molecule is CCNC(=NCC(O)Cc1ccccc1)N1CC2CCCCC2C1. The maximum Gasteiger partial charge on any atom is 0.194 e. The zero-order valence-corrected chi connectivity index (χ0v) is 14.8. The molecule has 3 atom stereocenters. The molecule has 0 spiro atoms. The lowest BCUT2D eigenvalue weighted by Crippen LogP contribution is -2.41. The van der Waals surface area contributed by atoms with Crippen molar-refractivity contribution in [2.75, 3.05) is 26.2 Å². The predicted molar refractivity (Wildman–Crippen MR) is 99.2 cm³/mol. The highest BCUT2D eigenvalue weighted by Crippen LogP contribution is 2.35. The summed E-state index contributed by atoms with van der Waals surface area (Å²) in [6.07, 6.45) is 5.76. The maximum absolute atomic E-state index is 10.3. The van der Waals surface area contributed by atoms with Gasteiger partial charge in [0.25, 0.3) is 0 Å². The van der Waals surface area contributed by atoms with Crippen molar-refractivity contribution in [3.63, 3.8) is 0 Å². The third-order valence-electron chi connectivity index (χ3n) is 5.38. The molecule has 4 nitrogen and oxygen atoms in total. The van der Waals surface area contributed by atoms with Crippen LogP contribution in [-0.2, 0) is 6.42 Å². The average molecular weight is 329 g/mol. The molecule has 0 aromatic heterocycles. The van der Waals surface area contributed by atoms with E-state index < -0.39 is 6.10 Å². The van der Waals surface area contributed by atoms with Gasteiger partial charge in [-0.15, -0.1) is 0 Å². The normalized spacial score (nSPS) is 25.4. The van der Waals surface area contributed by atoms with Gasteiger partial charge >= 0.3 is 0 Å². The molecule has 0 radical (unpaired) electrons. The minimum absolute atomic E-state index is 0.425. The highest BCUT2D eigenvalue weighted by Gasteiger charge is 2.35. The van der Waals surface area contributed by atoms with E-state index >= 15 is 0 Å². The lowest BCUT2D eigenvalue weighted by molar-refractivity contribution is 0.183. The molecular weight excluding hydrogens is 298 g/mol. The summed E-state index contributed by atoms with van der Waals surface area (Å²) in [5.74, 6) is 2.67. The van der Waals surface area contributed by atoms with Crippen molar-refractivity contribution in [3.05, 3.63) is 35.9 Å². The van der Waals surface area contributed by atoms with Gasteiger partial charge in [0.2, 0.25) is 0 Å². The Morgan fingerprint density at radius 1 is 1.21 bits per heavy atom. The molecule has 1 saturated carbocycles. The van der Waals surface area contributed by atoms with Gasteiger partial charge in [-0.3, -0.25) is 4.99 Å². The highest BCUT2D eigenvalue weighted by molar-refractivity contribution is 5.80. The van der Waals surface area contributed by atoms with Crippen LogP contribution in [0.25, 0.3) is 0 Å². The third-order valence-corrected chi connectivity index (χ3v) is 5.38. The van der Waals surface area contributed by atoms with Gasteiger partial charge in [-0.25, -0.2) is 0 Å². The first-order chi connectivity index (χ1) is 11.8. The van der Waals surface area contributed by atoms with Gasteiger partial charge in [0.15, 0.2) is 5.96 Å². The first-order valence-corrected chi connectivity index (χ1v) is 9.51. The first-order valence-electron chi connectivity index (χ1n) is 9.51. The van der Waals surface area contributed by atoms with Crippen LogP contribution in [0.1, 0.15) is 38.2 Å². The molecule has 1 aliphatic carbocycles. The standard InChI is InChI=1S/C20H31N3O/c1-2-21-20(23-14-17-10-6-7-11-18(17)15-23)22-13-19(24)12-16-8-4-3-5-9-16/h3-5,8-9,17-19,24H,2,6-7,10-15H2,1H3,(H,21,22). The van der Waals surface area contributed by atoms with Crippen LogP contribution in [0.2, 0.25) is 0 Å². The Bertz CT molecular complexity index is 517. The molecule has 2 aliphatic rings. The van der Waals surface area contributed by atoms with Gasteiger partial charge in [-0.2, -0.15) is 0 Å². The molecule has 2 N–H and O–H groups in total. The second-order valence-corrected chi connectivity index (χ2v) is 7.25. The van der Waals surface area contributed by atoms with E-state index in [0.717, 1.165) is 43.0 Å². The number of likely N-dealkylation sites (tertiary alicyclic amines) is 1. The number of guanidine groups is 1. The van der Waals surface area contributed by atoms with E-state index in [0.29, 0.717) is 13.0 Å². The molecule has 0 bridgehead atoms. The fourth-order valence-electron chi connectivity index (χ4n) is 4.15. The van der Waals surface area contributed by atoms with Gasteiger partial charge in [0.05, 0.1) is 12.6 Å². The van der Waals surface area contributed by atoms with Crippen molar-refractivity contribution < 1.29 is 5.11 Å². The number of fused-ring (bicyclic) bond motifs is 1. The van der Waals surface area contributed by atoms with E-state index in [1.807, 2.05) is 18.2 Å². The molecule has 1 aromatic rings. The number of aliphatic imine (C=N–C) groups is 1. The zero-order chi connectivity index (χ0) is 16.8. The molecule has 1 aliphatic heterocycles. The quantitative estimate of drug-likeness (QED) is 0.645. The van der Waals surface area contributed by atoms with E-state index in [4.69, 9.17) is 4.99 Å². The van der Waals surface area contributed by atoms with Crippen LogP contribution in [0.5, 0.6) is 0 Å². The molecule has 4 heteroatoms. The Kier molecular flexibility index (Phi) is 6.13. The lowest BCUT2D eigenvalue weighted by atomic mass is 9.82. The summed E-state index contributed by atoms with van der Waals surface area (Å²) >= 11 is 0. The molecule has 132 valence electrons. The molecular formula is C20H31N3O. The van der Waals surface area contributed by atoms with Crippen molar-refractivity contribution in [2.24, 2.45) is 16.8 Å². The van der Waals surface area contributed by atoms with E-state index in [9.17, 15) is 5.11 Å². The summed E-state index contributed by atoms with van der Waals surface area (Å²) in [5, 5.41) is 13.7. The minimum atomic E-state index is -0.425. The van der Waals surface area contributed by atoms with Crippen LogP contribution < -0.4 is 5.32 Å². The van der Waals surface area contributed by atoms with Crippen molar-refractivity contribution in [1.82, 2.24) is 10.2 Å². The van der Waals surface area contributed by atoms with Gasteiger partial charge in [0.1, 0.15) is 0 Å². The third kappa shape index (κ3) is 4.50. The van der Waals surface area contributed by atoms with Crippen molar-refractivity contribution in [1.29, 1.82) is 0 Å². The summed E-state index contributed by atoms with van der Waals surface area (Å²) in [6.45, 7) is 5.71. The Morgan fingerprint density at radius 3 is 2.50 bits per heavy atom. The number of aliphatic hydroxyl groups is 1. The van der Waals surface area contributed by atoms with Crippen molar-refractivity contribution in [3.8, 4) is 0 Å².